The van der Waals surface area contributed by atoms with Crippen LogP contribution in [0.1, 0.15) is 31.0 Å². The molecule has 1 unspecified atom stereocenters. The molecule has 3 aromatic rings. The van der Waals surface area contributed by atoms with Crippen molar-refractivity contribution in [2.45, 2.75) is 26.0 Å². The van der Waals surface area contributed by atoms with E-state index in [0.717, 1.165) is 5.69 Å². The van der Waals surface area contributed by atoms with Crippen molar-refractivity contribution in [3.05, 3.63) is 83.4 Å². The first-order chi connectivity index (χ1) is 18.2. The van der Waals surface area contributed by atoms with Gasteiger partial charge in [-0.3, -0.25) is 14.5 Å². The van der Waals surface area contributed by atoms with E-state index in [9.17, 15) is 14.7 Å². The molecule has 0 spiro atoms. The molecular weight excluding hydrogens is 484 g/mol. The molecule has 1 aliphatic heterocycles. The van der Waals surface area contributed by atoms with Gasteiger partial charge in [0.1, 0.15) is 11.5 Å². The van der Waals surface area contributed by atoms with Gasteiger partial charge in [0.15, 0.2) is 11.5 Å². The number of hydrogen-bond acceptors (Lipinski definition) is 7. The van der Waals surface area contributed by atoms with E-state index in [1.165, 1.54) is 19.1 Å². The van der Waals surface area contributed by atoms with E-state index in [0.29, 0.717) is 34.1 Å². The number of ether oxygens (including phenoxy) is 3. The molecule has 1 aliphatic rings. The van der Waals surface area contributed by atoms with Gasteiger partial charge in [-0.25, -0.2) is 0 Å². The number of ketones is 1. The predicted molar refractivity (Wildman–Crippen MR) is 147 cm³/mol. The summed E-state index contributed by atoms with van der Waals surface area (Å²) in [6, 6.07) is 18.5. The van der Waals surface area contributed by atoms with Crippen LogP contribution in [0.5, 0.6) is 17.2 Å². The molecule has 38 heavy (non-hydrogen) atoms. The summed E-state index contributed by atoms with van der Waals surface area (Å²) in [5.74, 6) is -0.279. The molecule has 1 saturated heterocycles. The van der Waals surface area contributed by atoms with Crippen molar-refractivity contribution < 1.29 is 28.9 Å². The minimum absolute atomic E-state index is 0.00764. The van der Waals surface area contributed by atoms with Crippen LogP contribution in [0.4, 0.5) is 11.4 Å². The first kappa shape index (κ1) is 26.6. The number of Topliss-reactive ketones (excluding diaryl/α,β-unsaturated/α-hetero) is 1. The highest BCUT2D eigenvalue weighted by Gasteiger charge is 2.47. The number of carbonyl (C=O) groups is 2. The van der Waals surface area contributed by atoms with Gasteiger partial charge in [-0.05, 0) is 74.0 Å². The van der Waals surface area contributed by atoms with E-state index in [4.69, 9.17) is 14.2 Å². The number of aliphatic hydroxyl groups excluding tert-OH is 1. The minimum atomic E-state index is -0.860. The molecule has 1 atom stereocenters. The molecule has 0 radical (unpaired) electrons. The summed E-state index contributed by atoms with van der Waals surface area (Å²) >= 11 is 0. The third kappa shape index (κ3) is 5.02. The Bertz CT molecular complexity index is 1360. The molecule has 4 rings (SSSR count). The summed E-state index contributed by atoms with van der Waals surface area (Å²) in [7, 11) is 6.84. The van der Waals surface area contributed by atoms with Crippen molar-refractivity contribution in [2.24, 2.45) is 0 Å². The highest BCUT2D eigenvalue weighted by molar-refractivity contribution is 6.51. The summed E-state index contributed by atoms with van der Waals surface area (Å²) in [5, 5.41) is 11.4. The number of amides is 1. The average Bonchev–Trinajstić information content (AvgIpc) is 3.18. The van der Waals surface area contributed by atoms with Gasteiger partial charge in [0.2, 0.25) is 0 Å². The Labute approximate surface area is 222 Å². The average molecular weight is 517 g/mol. The monoisotopic (exact) mass is 516 g/mol. The van der Waals surface area contributed by atoms with Crippen molar-refractivity contribution in [2.75, 3.05) is 38.1 Å². The van der Waals surface area contributed by atoms with Crippen LogP contribution >= 0.6 is 0 Å². The van der Waals surface area contributed by atoms with E-state index in [-0.39, 0.29) is 17.4 Å². The maximum atomic E-state index is 13.5. The Morgan fingerprint density at radius 3 is 2.08 bits per heavy atom. The normalized spacial score (nSPS) is 16.6. The predicted octanol–water partition coefficient (Wildman–Crippen LogP) is 5.18. The molecule has 1 N–H and O–H groups in total. The Hall–Kier alpha value is -4.46. The lowest BCUT2D eigenvalue weighted by Gasteiger charge is -2.26. The number of nitrogens with zero attached hydrogens (tertiary/aromatic N) is 2. The zero-order valence-electron chi connectivity index (χ0n) is 22.4. The fourth-order valence-electron chi connectivity index (χ4n) is 4.47. The third-order valence-electron chi connectivity index (χ3n) is 6.31. The first-order valence-corrected chi connectivity index (χ1v) is 12.2. The molecule has 0 aromatic heterocycles. The van der Waals surface area contributed by atoms with Crippen LogP contribution < -0.4 is 24.0 Å². The summed E-state index contributed by atoms with van der Waals surface area (Å²) < 4.78 is 16.4. The van der Waals surface area contributed by atoms with Crippen molar-refractivity contribution in [3.63, 3.8) is 0 Å². The third-order valence-corrected chi connectivity index (χ3v) is 6.31. The molecule has 198 valence electrons. The van der Waals surface area contributed by atoms with E-state index >= 15 is 0 Å². The van der Waals surface area contributed by atoms with Crippen molar-refractivity contribution in [1.29, 1.82) is 0 Å². The van der Waals surface area contributed by atoms with Crippen LogP contribution in [0.2, 0.25) is 0 Å². The lowest BCUT2D eigenvalue weighted by Crippen LogP contribution is -2.29. The van der Waals surface area contributed by atoms with Crippen molar-refractivity contribution >= 4 is 28.8 Å². The Morgan fingerprint density at radius 2 is 1.53 bits per heavy atom. The molecule has 8 heteroatoms. The summed E-state index contributed by atoms with van der Waals surface area (Å²) in [6.07, 6.45) is -0.00764. The van der Waals surface area contributed by atoms with Crippen LogP contribution in [0.15, 0.2) is 72.3 Å². The van der Waals surface area contributed by atoms with E-state index in [2.05, 4.69) is 0 Å². The first-order valence-electron chi connectivity index (χ1n) is 12.2. The van der Waals surface area contributed by atoms with E-state index in [1.807, 2.05) is 45.0 Å². The number of carbonyl (C=O) groups excluding carboxylic acids is 2. The molecule has 0 aliphatic carbocycles. The minimum Gasteiger partial charge on any atom is -0.507 e. The van der Waals surface area contributed by atoms with Crippen LogP contribution in [-0.2, 0) is 9.59 Å². The zero-order valence-corrected chi connectivity index (χ0v) is 22.4. The van der Waals surface area contributed by atoms with Gasteiger partial charge in [-0.2, -0.15) is 0 Å². The van der Waals surface area contributed by atoms with Crippen molar-refractivity contribution in [1.82, 2.24) is 0 Å². The van der Waals surface area contributed by atoms with Crippen LogP contribution in [0.3, 0.4) is 0 Å². The summed E-state index contributed by atoms with van der Waals surface area (Å²) in [4.78, 5) is 30.3. The highest BCUT2D eigenvalue weighted by atomic mass is 16.5. The van der Waals surface area contributed by atoms with Gasteiger partial charge >= 0.3 is 0 Å². The molecule has 0 saturated carbocycles. The van der Waals surface area contributed by atoms with E-state index < -0.39 is 17.7 Å². The van der Waals surface area contributed by atoms with Gasteiger partial charge in [0.05, 0.1) is 31.9 Å². The highest BCUT2D eigenvalue weighted by Crippen LogP contribution is 2.43. The number of rotatable bonds is 8. The number of benzene rings is 3. The quantitative estimate of drug-likeness (QED) is 0.251. The van der Waals surface area contributed by atoms with Gasteiger partial charge in [-0.1, -0.05) is 12.1 Å². The van der Waals surface area contributed by atoms with Gasteiger partial charge in [0.25, 0.3) is 11.7 Å². The maximum Gasteiger partial charge on any atom is 0.300 e. The summed E-state index contributed by atoms with van der Waals surface area (Å²) in [6.45, 7) is 3.87. The molecule has 1 fully saturated rings. The molecule has 3 aromatic carbocycles. The largest absolute Gasteiger partial charge is 0.507 e. The zero-order chi connectivity index (χ0) is 27.6. The molecule has 1 amide bonds. The van der Waals surface area contributed by atoms with Crippen molar-refractivity contribution in [3.8, 4) is 17.2 Å². The Morgan fingerprint density at radius 1 is 0.895 bits per heavy atom. The van der Waals surface area contributed by atoms with E-state index in [1.54, 1.807) is 54.6 Å². The second-order valence-electron chi connectivity index (χ2n) is 9.39. The lowest BCUT2D eigenvalue weighted by atomic mass is 9.95. The van der Waals surface area contributed by atoms with Crippen LogP contribution in [0.25, 0.3) is 5.76 Å². The lowest BCUT2D eigenvalue weighted by molar-refractivity contribution is -0.132. The van der Waals surface area contributed by atoms with Crippen LogP contribution in [-0.4, -0.2) is 51.2 Å². The SMILES string of the molecule is COc1ccc(/C(O)=C2/C(=O)C(=O)N(c3ccc(N(C)C)cc3)C2c2ccc(OC(C)C)cc2)cc1OC. The second-order valence-corrected chi connectivity index (χ2v) is 9.39. The summed E-state index contributed by atoms with van der Waals surface area (Å²) in [5.41, 5.74) is 2.45. The Kier molecular flexibility index (Phi) is 7.62. The number of anilines is 2. The fourth-order valence-corrected chi connectivity index (χ4v) is 4.47. The topological polar surface area (TPSA) is 88.5 Å². The maximum absolute atomic E-state index is 13.5. The smallest absolute Gasteiger partial charge is 0.300 e. The molecule has 1 heterocycles. The van der Waals surface area contributed by atoms with Crippen LogP contribution in [0, 0.1) is 0 Å². The number of aliphatic hydroxyl groups is 1. The van der Waals surface area contributed by atoms with Gasteiger partial charge < -0.3 is 24.2 Å². The molecular formula is C30H32N2O6. The molecule has 0 bridgehead atoms. The number of methoxy groups -OCH3 is 2. The standard InChI is InChI=1S/C30H32N2O6/c1-18(2)38-23-14-7-19(8-15-23)27-26(28(33)20-9-16-24(36-5)25(17-20)37-6)29(34)30(35)32(27)22-12-10-21(11-13-22)31(3)4/h7-18,27,33H,1-6H3/b28-26-. The fraction of sp³-hybridized carbons (Fsp3) is 0.267. The Balaban J connectivity index is 1.88. The second kappa shape index (κ2) is 10.9. The number of hydrogen-bond donors (Lipinski definition) is 1. The van der Waals surface area contributed by atoms with Gasteiger partial charge in [-0.15, -0.1) is 0 Å². The molecule has 8 nitrogen and oxygen atoms in total. The van der Waals surface area contributed by atoms with Gasteiger partial charge in [0, 0.05) is 31.0 Å².